The number of halogens is 1. The van der Waals surface area contributed by atoms with Crippen LogP contribution in [-0.2, 0) is 4.74 Å². The van der Waals surface area contributed by atoms with Crippen molar-refractivity contribution >= 4 is 44.2 Å². The summed E-state index contributed by atoms with van der Waals surface area (Å²) in [5.74, 6) is 0.650. The molecule has 1 aromatic heterocycles. The summed E-state index contributed by atoms with van der Waals surface area (Å²) < 4.78 is 12.4. The molecule has 1 fully saturated rings. The number of aromatic nitrogens is 1. The molecule has 1 aliphatic rings. The van der Waals surface area contributed by atoms with Gasteiger partial charge in [0.1, 0.15) is 5.75 Å². The van der Waals surface area contributed by atoms with Gasteiger partial charge in [0, 0.05) is 36.8 Å². The van der Waals surface area contributed by atoms with E-state index in [1.165, 1.54) is 11.3 Å². The lowest BCUT2D eigenvalue weighted by Gasteiger charge is -2.29. The molecule has 8 heteroatoms. The molecule has 0 radical (unpaired) electrons. The fourth-order valence-electron chi connectivity index (χ4n) is 4.03. The zero-order valence-corrected chi connectivity index (χ0v) is 21.5. The Hall–Kier alpha value is -2.19. The van der Waals surface area contributed by atoms with Crippen molar-refractivity contribution in [2.45, 2.75) is 33.1 Å². The molecule has 4 rings (SSSR count). The van der Waals surface area contributed by atoms with Crippen molar-refractivity contribution in [1.82, 2.24) is 9.88 Å². The Morgan fingerprint density at radius 2 is 2.06 bits per heavy atom. The maximum Gasteiger partial charge on any atom is 0.260 e. The highest BCUT2D eigenvalue weighted by Crippen LogP contribution is 2.34. The van der Waals surface area contributed by atoms with Crippen LogP contribution in [0.4, 0.5) is 5.13 Å². The first kappa shape index (κ1) is 24.9. The summed E-state index contributed by atoms with van der Waals surface area (Å²) in [6.45, 7) is 9.33. The van der Waals surface area contributed by atoms with E-state index in [-0.39, 0.29) is 5.91 Å². The number of hydrogen-bond donors (Lipinski definition) is 0. The van der Waals surface area contributed by atoms with Gasteiger partial charge in [-0.2, -0.15) is 0 Å². The zero-order chi connectivity index (χ0) is 23.9. The van der Waals surface area contributed by atoms with Crippen LogP contribution in [0.5, 0.6) is 5.75 Å². The number of nitrogens with zero attached hydrogens (tertiary/aromatic N) is 3. The smallest absolute Gasteiger partial charge is 0.260 e. The van der Waals surface area contributed by atoms with E-state index in [0.29, 0.717) is 28.9 Å². The number of rotatable bonds is 10. The van der Waals surface area contributed by atoms with E-state index in [1.54, 1.807) is 4.90 Å². The third kappa shape index (κ3) is 6.27. The average molecular weight is 502 g/mol. The minimum Gasteiger partial charge on any atom is -0.494 e. The van der Waals surface area contributed by atoms with Crippen molar-refractivity contribution in [2.24, 2.45) is 0 Å². The number of ether oxygens (including phenoxy) is 2. The number of amides is 1. The van der Waals surface area contributed by atoms with Gasteiger partial charge in [-0.1, -0.05) is 48.8 Å². The van der Waals surface area contributed by atoms with Crippen LogP contribution < -0.4 is 9.64 Å². The van der Waals surface area contributed by atoms with Gasteiger partial charge >= 0.3 is 0 Å². The molecule has 2 heterocycles. The summed E-state index contributed by atoms with van der Waals surface area (Å²) in [4.78, 5) is 22.7. The normalized spacial score (nSPS) is 14.4. The van der Waals surface area contributed by atoms with Crippen molar-refractivity contribution in [1.29, 1.82) is 0 Å². The zero-order valence-electron chi connectivity index (χ0n) is 19.9. The number of benzene rings is 2. The van der Waals surface area contributed by atoms with Crippen molar-refractivity contribution in [2.75, 3.05) is 50.9 Å². The average Bonchev–Trinajstić information content (AvgIpc) is 3.27. The first-order valence-corrected chi connectivity index (χ1v) is 13.2. The second kappa shape index (κ2) is 12.0. The maximum absolute atomic E-state index is 13.7. The van der Waals surface area contributed by atoms with E-state index >= 15 is 0 Å². The molecule has 0 atom stereocenters. The molecule has 1 aliphatic heterocycles. The van der Waals surface area contributed by atoms with Crippen LogP contribution >= 0.6 is 22.9 Å². The van der Waals surface area contributed by atoms with E-state index in [9.17, 15) is 4.79 Å². The third-order valence-electron chi connectivity index (χ3n) is 5.96. The fourth-order valence-corrected chi connectivity index (χ4v) is 5.47. The fraction of sp³-hybridized carbons (Fsp3) is 0.462. The SMILES string of the molecule is CCCCCOc1cccc(C(=O)N(CCN2CCOCC2)c2nc3c(C)cc(Cl)cc3s2)c1. The third-order valence-corrected chi connectivity index (χ3v) is 7.20. The van der Waals surface area contributed by atoms with Crippen LogP contribution in [0, 0.1) is 6.92 Å². The predicted octanol–water partition coefficient (Wildman–Crippen LogP) is 5.81. The number of hydrogen-bond acceptors (Lipinski definition) is 6. The molecule has 34 heavy (non-hydrogen) atoms. The monoisotopic (exact) mass is 501 g/mol. The Morgan fingerprint density at radius 1 is 1.24 bits per heavy atom. The van der Waals surface area contributed by atoms with Crippen molar-refractivity contribution in [3.05, 3.63) is 52.5 Å². The minimum atomic E-state index is -0.0740. The lowest BCUT2D eigenvalue weighted by molar-refractivity contribution is 0.0391. The summed E-state index contributed by atoms with van der Waals surface area (Å²) in [6.07, 6.45) is 3.29. The van der Waals surface area contributed by atoms with Gasteiger partial charge < -0.3 is 9.47 Å². The Kier molecular flexibility index (Phi) is 8.78. The predicted molar refractivity (Wildman–Crippen MR) is 140 cm³/mol. The molecular weight excluding hydrogens is 470 g/mol. The molecule has 0 unspecified atom stereocenters. The van der Waals surface area contributed by atoms with Crippen LogP contribution in [0.2, 0.25) is 5.02 Å². The number of fused-ring (bicyclic) bond motifs is 1. The highest BCUT2D eigenvalue weighted by molar-refractivity contribution is 7.22. The number of carbonyl (C=O) groups excluding carboxylic acids is 1. The van der Waals surface area contributed by atoms with Gasteiger partial charge in [-0.25, -0.2) is 4.98 Å². The number of unbranched alkanes of at least 4 members (excludes halogenated alkanes) is 2. The molecule has 0 aliphatic carbocycles. The van der Waals surface area contributed by atoms with Crippen LogP contribution in [0.15, 0.2) is 36.4 Å². The Labute approximate surface area is 210 Å². The molecular formula is C26H32ClN3O3S. The standard InChI is InChI=1S/C26H32ClN3O3S/c1-3-4-5-13-33-22-8-6-7-20(17-22)25(31)30(10-9-29-11-14-32-15-12-29)26-28-24-19(2)16-21(27)18-23(24)34-26/h6-8,16-18H,3-5,9-15H2,1-2H3. The van der Waals surface area contributed by atoms with Gasteiger partial charge in [-0.3, -0.25) is 14.6 Å². The highest BCUT2D eigenvalue weighted by atomic mass is 35.5. The molecule has 3 aromatic rings. The molecule has 0 N–H and O–H groups in total. The number of carbonyl (C=O) groups is 1. The molecule has 0 spiro atoms. The largest absolute Gasteiger partial charge is 0.494 e. The molecule has 2 aromatic carbocycles. The number of aryl methyl sites for hydroxylation is 1. The summed E-state index contributed by atoms with van der Waals surface area (Å²) in [7, 11) is 0. The summed E-state index contributed by atoms with van der Waals surface area (Å²) in [5, 5.41) is 1.37. The van der Waals surface area contributed by atoms with Crippen LogP contribution in [0.25, 0.3) is 10.2 Å². The van der Waals surface area contributed by atoms with Crippen LogP contribution in [0.3, 0.4) is 0 Å². The lowest BCUT2D eigenvalue weighted by Crippen LogP contribution is -2.43. The number of anilines is 1. The molecule has 1 amide bonds. The topological polar surface area (TPSA) is 54.9 Å². The summed E-state index contributed by atoms with van der Waals surface area (Å²) >= 11 is 7.78. The van der Waals surface area contributed by atoms with Gasteiger partial charge in [0.15, 0.2) is 5.13 Å². The Bertz CT molecular complexity index is 1110. The van der Waals surface area contributed by atoms with Gasteiger partial charge in [0.25, 0.3) is 5.91 Å². The van der Waals surface area contributed by atoms with E-state index in [2.05, 4.69) is 11.8 Å². The van der Waals surface area contributed by atoms with Gasteiger partial charge in [-0.15, -0.1) is 0 Å². The van der Waals surface area contributed by atoms with Crippen molar-refractivity contribution in [3.8, 4) is 5.75 Å². The quantitative estimate of drug-likeness (QED) is 0.328. The van der Waals surface area contributed by atoms with Gasteiger partial charge in [-0.05, 0) is 49.2 Å². The van der Waals surface area contributed by atoms with E-state index in [4.69, 9.17) is 26.1 Å². The number of morpholine rings is 1. The van der Waals surface area contributed by atoms with Crippen LogP contribution in [0.1, 0.15) is 42.1 Å². The summed E-state index contributed by atoms with van der Waals surface area (Å²) in [5.41, 5.74) is 2.50. The van der Waals surface area contributed by atoms with Gasteiger partial charge in [0.2, 0.25) is 0 Å². The second-order valence-electron chi connectivity index (χ2n) is 8.56. The van der Waals surface area contributed by atoms with E-state index < -0.39 is 0 Å². The molecule has 0 saturated carbocycles. The van der Waals surface area contributed by atoms with Crippen molar-refractivity contribution < 1.29 is 14.3 Å². The number of thiazole rings is 1. The lowest BCUT2D eigenvalue weighted by atomic mass is 10.2. The van der Waals surface area contributed by atoms with E-state index in [1.807, 2.05) is 43.3 Å². The van der Waals surface area contributed by atoms with Gasteiger partial charge in [0.05, 0.1) is 30.0 Å². The first-order valence-electron chi connectivity index (χ1n) is 12.0. The molecule has 182 valence electrons. The molecule has 6 nitrogen and oxygen atoms in total. The molecule has 0 bridgehead atoms. The maximum atomic E-state index is 13.7. The second-order valence-corrected chi connectivity index (χ2v) is 10.0. The first-order chi connectivity index (χ1) is 16.5. The minimum absolute atomic E-state index is 0.0740. The van der Waals surface area contributed by atoms with E-state index in [0.717, 1.165) is 73.6 Å². The van der Waals surface area contributed by atoms with Crippen LogP contribution in [-0.4, -0.2) is 61.8 Å². The Balaban J connectivity index is 1.58. The molecule has 1 saturated heterocycles. The summed E-state index contributed by atoms with van der Waals surface area (Å²) in [6, 6.07) is 11.3. The highest BCUT2D eigenvalue weighted by Gasteiger charge is 2.24. The van der Waals surface area contributed by atoms with Crippen molar-refractivity contribution in [3.63, 3.8) is 0 Å². The Morgan fingerprint density at radius 3 is 2.85 bits per heavy atom.